The van der Waals surface area contributed by atoms with Crippen molar-refractivity contribution in [3.8, 4) is 90.8 Å². The minimum atomic E-state index is -0.946. The van der Waals surface area contributed by atoms with Crippen LogP contribution < -0.4 is 0 Å². The van der Waals surface area contributed by atoms with Crippen LogP contribution in [0.4, 0.5) is 0 Å². The van der Waals surface area contributed by atoms with Gasteiger partial charge in [-0.3, -0.25) is 0 Å². The van der Waals surface area contributed by atoms with Gasteiger partial charge in [-0.1, -0.05) is 72.8 Å². The number of hydrogen-bond acceptors (Lipinski definition) is 8. The number of phenols is 4. The van der Waals surface area contributed by atoms with Gasteiger partial charge in [0.15, 0.2) is 0 Å². The fraction of sp³-hybridized carbons (Fsp3) is 0.0222. The van der Waals surface area contributed by atoms with E-state index >= 15 is 0 Å². The van der Waals surface area contributed by atoms with Crippen LogP contribution in [0.5, 0.6) is 23.0 Å². The summed E-state index contributed by atoms with van der Waals surface area (Å²) in [5.74, 6) is 0.452. The Morgan fingerprint density at radius 1 is 0.291 bits per heavy atom. The molecule has 4 aromatic carbocycles. The minimum Gasteiger partial charge on any atom is -0.507 e. The summed E-state index contributed by atoms with van der Waals surface area (Å²) >= 11 is 0. The molecule has 0 saturated carbocycles. The summed E-state index contributed by atoms with van der Waals surface area (Å²) in [5, 5.41) is 43.4. The van der Waals surface area contributed by atoms with E-state index < -0.39 is 5.41 Å². The summed E-state index contributed by atoms with van der Waals surface area (Å²) in [6.07, 6.45) is 0. The molecule has 0 atom stereocenters. The van der Waals surface area contributed by atoms with Gasteiger partial charge in [-0.05, 0) is 95.1 Å². The number of fused-ring (bicyclic) bond motifs is 10. The third kappa shape index (κ3) is 5.35. The Kier molecular flexibility index (Phi) is 9.00. The van der Waals surface area contributed by atoms with Gasteiger partial charge in [-0.25, -0.2) is 19.9 Å². The Hall–Kier alpha value is -5.94. The fourth-order valence-corrected chi connectivity index (χ4v) is 8.00. The third-order valence-corrected chi connectivity index (χ3v) is 10.4. The SMILES string of the molecule is Oc1ccccc1-c1ccc2c(n1)-c1nc(-c3ccccc3O)ccc1C21c2ccc(-c3ccccc3O)nc2-c2nc(-c3ccccc3O)ccc21.[Pt].[Pt]. The van der Waals surface area contributed by atoms with Crippen molar-refractivity contribution in [3.63, 3.8) is 0 Å². The molecule has 0 bridgehead atoms. The average Bonchev–Trinajstić information content (AvgIpc) is 3.64. The monoisotopic (exact) mass is 1080 g/mol. The first-order valence-electron chi connectivity index (χ1n) is 17.1. The molecule has 0 fully saturated rings. The Balaban J connectivity index is 0.00000214. The summed E-state index contributed by atoms with van der Waals surface area (Å²) in [6.45, 7) is 0. The fourth-order valence-electron chi connectivity index (χ4n) is 8.00. The van der Waals surface area contributed by atoms with Crippen molar-refractivity contribution in [2.75, 3.05) is 0 Å². The van der Waals surface area contributed by atoms with Crippen LogP contribution in [-0.2, 0) is 47.5 Å². The standard InChI is InChI=1S/C45H28N4O4.2Pt/c50-37-13-5-1-9-25(37)33-21-17-29-41(46-33)42-30(18-22-34(47-42)26-10-2-6-14-38(26)51)45(29)31-19-23-35(27-11-3-7-15-39(27)52)48-43(31)44-32(45)20-24-36(49-44)28-12-4-8-16-40(28)53;;/h1-24,50-53H;;. The molecule has 272 valence electrons. The molecule has 4 N–H and O–H groups in total. The molecule has 8 nitrogen and oxygen atoms in total. The van der Waals surface area contributed by atoms with Crippen LogP contribution in [0.3, 0.4) is 0 Å². The van der Waals surface area contributed by atoms with Crippen molar-refractivity contribution >= 4 is 0 Å². The zero-order chi connectivity index (χ0) is 35.8. The number of pyridine rings is 4. The second kappa shape index (κ2) is 13.7. The zero-order valence-corrected chi connectivity index (χ0v) is 33.1. The molecule has 0 amide bonds. The molecule has 2 aliphatic rings. The number of hydrogen-bond donors (Lipinski definition) is 4. The van der Waals surface area contributed by atoms with Gasteiger partial charge in [0.2, 0.25) is 0 Å². The minimum absolute atomic E-state index is 0. The molecular formula is C45H28N4O4Pt2. The van der Waals surface area contributed by atoms with E-state index in [1.54, 1.807) is 48.5 Å². The van der Waals surface area contributed by atoms with Crippen LogP contribution in [0, 0.1) is 0 Å². The molecule has 8 aromatic rings. The van der Waals surface area contributed by atoms with E-state index in [-0.39, 0.29) is 65.1 Å². The summed E-state index contributed by atoms with van der Waals surface area (Å²) in [4.78, 5) is 20.8. The average molecular weight is 1080 g/mol. The van der Waals surface area contributed by atoms with Crippen molar-refractivity contribution in [1.82, 2.24) is 19.9 Å². The van der Waals surface area contributed by atoms with Crippen LogP contribution >= 0.6 is 0 Å². The largest absolute Gasteiger partial charge is 0.507 e. The molecular weight excluding hydrogens is 1050 g/mol. The molecule has 10 heteroatoms. The van der Waals surface area contributed by atoms with E-state index in [2.05, 4.69) is 0 Å². The predicted octanol–water partition coefficient (Wildman–Crippen LogP) is 9.10. The smallest absolute Gasteiger partial charge is 0.124 e. The van der Waals surface area contributed by atoms with Gasteiger partial charge in [0.1, 0.15) is 23.0 Å². The van der Waals surface area contributed by atoms with Crippen molar-refractivity contribution in [2.45, 2.75) is 5.41 Å². The van der Waals surface area contributed by atoms with E-state index in [4.69, 9.17) is 19.9 Å². The van der Waals surface area contributed by atoms with Crippen molar-refractivity contribution in [2.24, 2.45) is 0 Å². The molecule has 0 radical (unpaired) electrons. The quantitative estimate of drug-likeness (QED) is 0.137. The number of para-hydroxylation sites is 4. The first-order valence-corrected chi connectivity index (χ1v) is 17.1. The molecule has 4 heterocycles. The number of phenolic OH excluding ortho intramolecular Hbond substituents is 4. The first kappa shape index (κ1) is 36.1. The second-order valence-corrected chi connectivity index (χ2v) is 13.2. The molecule has 55 heavy (non-hydrogen) atoms. The topological polar surface area (TPSA) is 132 Å². The summed E-state index contributed by atoms with van der Waals surface area (Å²) in [6, 6.07) is 44.2. The number of nitrogens with zero attached hydrogens (tertiary/aromatic N) is 4. The zero-order valence-electron chi connectivity index (χ0n) is 28.6. The van der Waals surface area contributed by atoms with E-state index in [0.29, 0.717) is 67.8 Å². The van der Waals surface area contributed by atoms with Crippen LogP contribution in [0.15, 0.2) is 146 Å². The van der Waals surface area contributed by atoms with Gasteiger partial charge in [-0.15, -0.1) is 0 Å². The van der Waals surface area contributed by atoms with Crippen LogP contribution in [0.25, 0.3) is 67.8 Å². The Morgan fingerprint density at radius 3 is 0.727 bits per heavy atom. The Labute approximate surface area is 344 Å². The summed E-state index contributed by atoms with van der Waals surface area (Å²) < 4.78 is 0. The maximum absolute atomic E-state index is 10.8. The number of aromatic hydroxyl groups is 4. The number of rotatable bonds is 4. The maximum atomic E-state index is 10.8. The molecule has 0 aliphatic heterocycles. The molecule has 1 spiro atoms. The van der Waals surface area contributed by atoms with Crippen molar-refractivity contribution in [3.05, 3.63) is 168 Å². The molecule has 10 rings (SSSR count). The number of aromatic nitrogens is 4. The van der Waals surface area contributed by atoms with Crippen LogP contribution in [0.1, 0.15) is 22.3 Å². The van der Waals surface area contributed by atoms with Gasteiger partial charge in [0.05, 0.1) is 51.0 Å². The summed E-state index contributed by atoms with van der Waals surface area (Å²) in [7, 11) is 0. The number of benzene rings is 4. The van der Waals surface area contributed by atoms with Gasteiger partial charge >= 0.3 is 0 Å². The van der Waals surface area contributed by atoms with E-state index in [1.165, 1.54) is 0 Å². The Morgan fingerprint density at radius 2 is 0.509 bits per heavy atom. The maximum Gasteiger partial charge on any atom is 0.124 e. The normalized spacial score (nSPS) is 12.5. The molecule has 4 aromatic heterocycles. The molecule has 0 saturated heterocycles. The first-order chi connectivity index (χ1) is 25.9. The van der Waals surface area contributed by atoms with Crippen molar-refractivity contribution in [1.29, 1.82) is 0 Å². The molecule has 2 aliphatic carbocycles. The van der Waals surface area contributed by atoms with Gasteiger partial charge < -0.3 is 20.4 Å². The Bertz CT molecular complexity index is 2440. The van der Waals surface area contributed by atoms with E-state index in [0.717, 1.165) is 22.3 Å². The van der Waals surface area contributed by atoms with Gasteiger partial charge in [0, 0.05) is 64.4 Å². The van der Waals surface area contributed by atoms with E-state index in [9.17, 15) is 20.4 Å². The van der Waals surface area contributed by atoms with E-state index in [1.807, 2.05) is 97.1 Å². The van der Waals surface area contributed by atoms with Crippen molar-refractivity contribution < 1.29 is 62.6 Å². The third-order valence-electron chi connectivity index (χ3n) is 10.4. The van der Waals surface area contributed by atoms with Gasteiger partial charge in [0.25, 0.3) is 0 Å². The van der Waals surface area contributed by atoms with Gasteiger partial charge in [-0.2, -0.15) is 0 Å². The predicted molar refractivity (Wildman–Crippen MR) is 202 cm³/mol. The molecule has 0 unspecified atom stereocenters. The second-order valence-electron chi connectivity index (χ2n) is 13.2. The van der Waals surface area contributed by atoms with Crippen LogP contribution in [-0.4, -0.2) is 40.4 Å². The summed E-state index contributed by atoms with van der Waals surface area (Å²) in [5.41, 5.74) is 9.71. The van der Waals surface area contributed by atoms with Crippen LogP contribution in [0.2, 0.25) is 0 Å².